The van der Waals surface area contributed by atoms with Crippen LogP contribution in [0.5, 0.6) is 0 Å². The van der Waals surface area contributed by atoms with Crippen LogP contribution >= 0.6 is 11.8 Å². The van der Waals surface area contributed by atoms with Crippen LogP contribution in [0.4, 0.5) is 13.2 Å². The molecule has 1 atom stereocenters. The molecule has 0 amide bonds. The molecular weight excluding hydrogens is 381 g/mol. The van der Waals surface area contributed by atoms with Gasteiger partial charge in [-0.15, -0.1) is 11.8 Å². The highest BCUT2D eigenvalue weighted by Crippen LogP contribution is 2.47. The van der Waals surface area contributed by atoms with E-state index in [1.54, 1.807) is 25.1 Å². The van der Waals surface area contributed by atoms with Gasteiger partial charge in [0, 0.05) is 16.2 Å². The molecule has 0 aromatic heterocycles. The van der Waals surface area contributed by atoms with Gasteiger partial charge in [0.1, 0.15) is 0 Å². The zero-order valence-electron chi connectivity index (χ0n) is 14.1. The van der Waals surface area contributed by atoms with E-state index in [0.29, 0.717) is 10.5 Å². The number of Topliss-reactive ketones (excluding diaryl/α,β-unsaturated/α-hetero) is 1. The molecular formula is C19H15F3O4S. The van der Waals surface area contributed by atoms with Crippen LogP contribution in [0.25, 0.3) is 0 Å². The number of halogens is 3. The topological polar surface area (TPSA) is 74.6 Å². The maximum atomic E-state index is 13.7. The number of aromatic carboxylic acids is 1. The number of hydrogen-bond donors (Lipinski definition) is 2. The summed E-state index contributed by atoms with van der Waals surface area (Å²) in [6.45, 7) is 0.721. The van der Waals surface area contributed by atoms with Crippen LogP contribution in [0.1, 0.15) is 37.4 Å². The number of hydrogen-bond acceptors (Lipinski definition) is 4. The highest BCUT2D eigenvalue weighted by atomic mass is 32.2. The molecule has 1 aliphatic heterocycles. The summed E-state index contributed by atoms with van der Waals surface area (Å²) in [7, 11) is 0. The number of fused-ring (bicyclic) bond motifs is 1. The lowest BCUT2D eigenvalue weighted by Gasteiger charge is -2.38. The fourth-order valence-corrected chi connectivity index (χ4v) is 4.76. The Labute approximate surface area is 157 Å². The molecule has 1 aliphatic rings. The highest BCUT2D eigenvalue weighted by molar-refractivity contribution is 7.99. The summed E-state index contributed by atoms with van der Waals surface area (Å²) in [5, 5.41) is 19.5. The second kappa shape index (κ2) is 6.69. The van der Waals surface area contributed by atoms with Gasteiger partial charge >= 0.3 is 12.1 Å². The monoisotopic (exact) mass is 396 g/mol. The van der Waals surface area contributed by atoms with Crippen LogP contribution in [0.3, 0.4) is 0 Å². The van der Waals surface area contributed by atoms with E-state index in [0.717, 1.165) is 30.0 Å². The number of aliphatic hydroxyl groups is 1. The number of alkyl halides is 3. The van der Waals surface area contributed by atoms with Gasteiger partial charge in [0.15, 0.2) is 5.78 Å². The zero-order chi connectivity index (χ0) is 20.0. The summed E-state index contributed by atoms with van der Waals surface area (Å²) in [5.41, 5.74) is -3.75. The fraction of sp³-hybridized carbons (Fsp3) is 0.263. The number of carboxylic acids is 1. The van der Waals surface area contributed by atoms with Crippen LogP contribution in [-0.4, -0.2) is 34.3 Å². The predicted octanol–water partition coefficient (Wildman–Crippen LogP) is 3.93. The van der Waals surface area contributed by atoms with Gasteiger partial charge in [-0.05, 0) is 36.2 Å². The Morgan fingerprint density at radius 2 is 1.89 bits per heavy atom. The van der Waals surface area contributed by atoms with E-state index in [9.17, 15) is 33.0 Å². The van der Waals surface area contributed by atoms with Gasteiger partial charge in [0.2, 0.25) is 0 Å². The van der Waals surface area contributed by atoms with Crippen molar-refractivity contribution in [2.75, 3.05) is 12.4 Å². The Morgan fingerprint density at radius 3 is 2.48 bits per heavy atom. The van der Waals surface area contributed by atoms with Crippen molar-refractivity contribution in [1.29, 1.82) is 0 Å². The first kappa shape index (κ1) is 19.4. The summed E-state index contributed by atoms with van der Waals surface area (Å²) >= 11 is 1.13. The summed E-state index contributed by atoms with van der Waals surface area (Å²) in [6.07, 6.45) is -4.88. The third-order valence-electron chi connectivity index (χ3n) is 4.72. The van der Waals surface area contributed by atoms with Gasteiger partial charge in [0.05, 0.1) is 23.1 Å². The summed E-state index contributed by atoms with van der Waals surface area (Å²) in [6, 6.07) is 7.81. The number of benzene rings is 2. The number of carbonyl (C=O) groups is 2. The third kappa shape index (κ3) is 3.02. The van der Waals surface area contributed by atoms with E-state index in [2.05, 4.69) is 0 Å². The average Bonchev–Trinajstić information content (AvgIpc) is 2.61. The molecule has 4 nitrogen and oxygen atoms in total. The largest absolute Gasteiger partial charge is 0.478 e. The van der Waals surface area contributed by atoms with Gasteiger partial charge < -0.3 is 10.2 Å². The molecule has 0 fully saturated rings. The van der Waals surface area contributed by atoms with Crippen molar-refractivity contribution in [3.8, 4) is 0 Å². The molecule has 0 bridgehead atoms. The number of carboxylic acid groups (broad SMARTS) is 1. The number of aliphatic hydroxyl groups excluding tert-OH is 1. The van der Waals surface area contributed by atoms with Crippen molar-refractivity contribution in [3.05, 3.63) is 64.2 Å². The van der Waals surface area contributed by atoms with E-state index in [1.165, 1.54) is 0 Å². The van der Waals surface area contributed by atoms with E-state index < -0.39 is 46.6 Å². The SMILES string of the molecule is Cc1cccc2c1C(=O)C(CO)(c1c(C(=O)O)cccc1C(F)(F)F)CS2. The molecule has 1 unspecified atom stereocenters. The van der Waals surface area contributed by atoms with Crippen molar-refractivity contribution in [1.82, 2.24) is 0 Å². The van der Waals surface area contributed by atoms with E-state index >= 15 is 0 Å². The molecule has 0 spiro atoms. The lowest BCUT2D eigenvalue weighted by Crippen LogP contribution is -2.47. The van der Waals surface area contributed by atoms with Gasteiger partial charge in [-0.3, -0.25) is 4.79 Å². The molecule has 3 rings (SSSR count). The number of carbonyl (C=O) groups excluding carboxylic acids is 1. The Balaban J connectivity index is 2.36. The predicted molar refractivity (Wildman–Crippen MR) is 93.4 cm³/mol. The lowest BCUT2D eigenvalue weighted by molar-refractivity contribution is -0.138. The minimum atomic E-state index is -4.88. The van der Waals surface area contributed by atoms with Crippen LogP contribution in [0, 0.1) is 6.92 Å². The summed E-state index contributed by atoms with van der Waals surface area (Å²) in [4.78, 5) is 25.6. The molecule has 2 aromatic rings. The van der Waals surface area contributed by atoms with Crippen molar-refractivity contribution < 1.29 is 33.0 Å². The molecule has 8 heteroatoms. The first-order valence-electron chi connectivity index (χ1n) is 7.95. The standard InChI is InChI=1S/C19H15F3O4S/c1-10-4-2-7-13-14(10)16(24)18(8-23,9-27-13)15-11(17(25)26)5-3-6-12(15)19(20,21)22/h2-7,23H,8-9H2,1H3,(H,25,26). The lowest BCUT2D eigenvalue weighted by atomic mass is 9.71. The van der Waals surface area contributed by atoms with Crippen LogP contribution in [-0.2, 0) is 11.6 Å². The second-order valence-electron chi connectivity index (χ2n) is 6.34. The zero-order valence-corrected chi connectivity index (χ0v) is 14.9. The Bertz CT molecular complexity index is 939. The molecule has 0 saturated carbocycles. The molecule has 1 heterocycles. The number of ketones is 1. The van der Waals surface area contributed by atoms with Crippen molar-refractivity contribution in [2.24, 2.45) is 0 Å². The molecule has 2 N–H and O–H groups in total. The second-order valence-corrected chi connectivity index (χ2v) is 7.35. The van der Waals surface area contributed by atoms with Gasteiger partial charge in [0.25, 0.3) is 0 Å². The molecule has 2 aromatic carbocycles. The summed E-state index contributed by atoms with van der Waals surface area (Å²) < 4.78 is 41.0. The Kier molecular flexibility index (Phi) is 4.81. The number of rotatable bonds is 3. The number of thioether (sulfide) groups is 1. The van der Waals surface area contributed by atoms with E-state index in [1.807, 2.05) is 0 Å². The van der Waals surface area contributed by atoms with Gasteiger partial charge in [-0.2, -0.15) is 13.2 Å². The van der Waals surface area contributed by atoms with Crippen molar-refractivity contribution >= 4 is 23.5 Å². The molecule has 0 radical (unpaired) electrons. The third-order valence-corrected chi connectivity index (χ3v) is 6.01. The molecule has 142 valence electrons. The van der Waals surface area contributed by atoms with Gasteiger partial charge in [-0.25, -0.2) is 4.79 Å². The molecule has 27 heavy (non-hydrogen) atoms. The van der Waals surface area contributed by atoms with Gasteiger partial charge in [-0.1, -0.05) is 18.2 Å². The smallest absolute Gasteiger partial charge is 0.416 e. The Hall–Kier alpha value is -2.32. The average molecular weight is 396 g/mol. The van der Waals surface area contributed by atoms with E-state index in [-0.39, 0.29) is 11.3 Å². The molecule has 0 saturated heterocycles. The highest BCUT2D eigenvalue weighted by Gasteiger charge is 2.51. The normalized spacial score (nSPS) is 19.7. The maximum absolute atomic E-state index is 13.7. The van der Waals surface area contributed by atoms with Crippen molar-refractivity contribution in [2.45, 2.75) is 23.4 Å². The maximum Gasteiger partial charge on any atom is 0.416 e. The minimum absolute atomic E-state index is 0.188. The van der Waals surface area contributed by atoms with Crippen molar-refractivity contribution in [3.63, 3.8) is 0 Å². The minimum Gasteiger partial charge on any atom is -0.478 e. The quantitative estimate of drug-likeness (QED) is 0.822. The van der Waals surface area contributed by atoms with E-state index in [4.69, 9.17) is 0 Å². The van der Waals surface area contributed by atoms with Crippen LogP contribution in [0.15, 0.2) is 41.3 Å². The number of aryl methyl sites for hydroxylation is 1. The fourth-order valence-electron chi connectivity index (χ4n) is 3.42. The first-order valence-corrected chi connectivity index (χ1v) is 8.94. The summed E-state index contributed by atoms with van der Waals surface area (Å²) in [5.74, 6) is -2.47. The van der Waals surface area contributed by atoms with Crippen LogP contribution < -0.4 is 0 Å². The Morgan fingerprint density at radius 1 is 1.22 bits per heavy atom. The molecule has 0 aliphatic carbocycles. The first-order chi connectivity index (χ1) is 12.6. The van der Waals surface area contributed by atoms with Crippen LogP contribution in [0.2, 0.25) is 0 Å².